The molecule has 0 aliphatic carbocycles. The Kier molecular flexibility index (Phi) is 3.38. The fourth-order valence-electron chi connectivity index (χ4n) is 1.40. The van der Waals surface area contributed by atoms with Gasteiger partial charge in [-0.3, -0.25) is 0 Å². The number of methoxy groups -OCH3 is 1. The molecular weight excluding hydrogens is 234 g/mol. The molecule has 0 atom stereocenters. The maximum atomic E-state index is 10.6. The van der Waals surface area contributed by atoms with Gasteiger partial charge in [0.25, 0.3) is 0 Å². The summed E-state index contributed by atoms with van der Waals surface area (Å²) < 4.78 is 5.17. The van der Waals surface area contributed by atoms with Crippen molar-refractivity contribution >= 4 is 17.5 Å². The fourth-order valence-corrected chi connectivity index (χ4v) is 1.40. The topological polar surface area (TPSA) is 84.3 Å². The van der Waals surface area contributed by atoms with E-state index in [1.165, 1.54) is 6.07 Å². The molecule has 0 saturated heterocycles. The predicted octanol–water partition coefficient (Wildman–Crippen LogP) is 1.93. The summed E-state index contributed by atoms with van der Waals surface area (Å²) in [6.07, 6.45) is 0. The number of nitrogens with one attached hydrogen (secondary N) is 1. The van der Waals surface area contributed by atoms with Gasteiger partial charge < -0.3 is 15.2 Å². The first kappa shape index (κ1) is 11.8. The predicted molar refractivity (Wildman–Crippen MR) is 65.3 cm³/mol. The quantitative estimate of drug-likeness (QED) is 0.856. The molecule has 0 saturated carbocycles. The van der Waals surface area contributed by atoms with Crippen LogP contribution in [-0.4, -0.2) is 28.4 Å². The van der Waals surface area contributed by atoms with Crippen molar-refractivity contribution in [2.75, 3.05) is 12.4 Å². The Morgan fingerprint density at radius 3 is 2.61 bits per heavy atom. The van der Waals surface area contributed by atoms with Crippen LogP contribution in [0.5, 0.6) is 5.75 Å². The maximum absolute atomic E-state index is 10.6. The normalized spacial score (nSPS) is 9.83. The van der Waals surface area contributed by atoms with Crippen molar-refractivity contribution in [1.29, 1.82) is 0 Å². The average Bonchev–Trinajstić information content (AvgIpc) is 2.40. The molecule has 0 radical (unpaired) electrons. The second-order valence-electron chi connectivity index (χ2n) is 3.43. The van der Waals surface area contributed by atoms with E-state index in [1.54, 1.807) is 19.2 Å². The van der Waals surface area contributed by atoms with Gasteiger partial charge in [-0.05, 0) is 24.3 Å². The van der Waals surface area contributed by atoms with Crippen LogP contribution in [0.2, 0.25) is 0 Å². The largest absolute Gasteiger partial charge is 0.495 e. The first-order valence-electron chi connectivity index (χ1n) is 5.18. The van der Waals surface area contributed by atoms with Crippen molar-refractivity contribution in [2.45, 2.75) is 0 Å². The van der Waals surface area contributed by atoms with Crippen LogP contribution in [-0.2, 0) is 0 Å². The maximum Gasteiger partial charge on any atom is 0.356 e. The van der Waals surface area contributed by atoms with Crippen molar-refractivity contribution in [3.8, 4) is 5.75 Å². The standard InChI is InChI=1S/C12H11N3O3/c1-18-10-5-3-2-4-8(10)13-11-7-6-9(12(16)17)14-15-11/h2-7H,1H3,(H,13,15)(H,16,17). The summed E-state index contributed by atoms with van der Waals surface area (Å²) in [5.41, 5.74) is 0.637. The van der Waals surface area contributed by atoms with E-state index >= 15 is 0 Å². The summed E-state index contributed by atoms with van der Waals surface area (Å²) >= 11 is 0. The number of aromatic nitrogens is 2. The van der Waals surface area contributed by atoms with Crippen LogP contribution >= 0.6 is 0 Å². The number of carboxylic acid groups (broad SMARTS) is 1. The van der Waals surface area contributed by atoms with E-state index < -0.39 is 5.97 Å². The Bertz CT molecular complexity index is 555. The van der Waals surface area contributed by atoms with Gasteiger partial charge in [-0.25, -0.2) is 4.79 Å². The third-order valence-corrected chi connectivity index (χ3v) is 2.25. The first-order valence-corrected chi connectivity index (χ1v) is 5.18. The Morgan fingerprint density at radius 1 is 1.22 bits per heavy atom. The van der Waals surface area contributed by atoms with Crippen LogP contribution in [0, 0.1) is 0 Å². The van der Waals surface area contributed by atoms with Gasteiger partial charge >= 0.3 is 5.97 Å². The number of carboxylic acids is 1. The number of para-hydroxylation sites is 2. The second-order valence-corrected chi connectivity index (χ2v) is 3.43. The van der Waals surface area contributed by atoms with Gasteiger partial charge in [0, 0.05) is 0 Å². The molecule has 0 unspecified atom stereocenters. The Balaban J connectivity index is 2.21. The smallest absolute Gasteiger partial charge is 0.356 e. The van der Waals surface area contributed by atoms with Crippen LogP contribution in [0.15, 0.2) is 36.4 Å². The Labute approximate surface area is 103 Å². The van der Waals surface area contributed by atoms with E-state index in [4.69, 9.17) is 9.84 Å². The van der Waals surface area contributed by atoms with Gasteiger partial charge in [0.05, 0.1) is 12.8 Å². The zero-order valence-electron chi connectivity index (χ0n) is 9.62. The minimum Gasteiger partial charge on any atom is -0.495 e. The summed E-state index contributed by atoms with van der Waals surface area (Å²) in [5.74, 6) is 0.0115. The Hall–Kier alpha value is -2.63. The molecule has 1 aromatic carbocycles. The number of hydrogen-bond donors (Lipinski definition) is 2. The summed E-state index contributed by atoms with van der Waals surface area (Å²) in [4.78, 5) is 10.6. The molecule has 0 amide bonds. The molecule has 2 rings (SSSR count). The molecule has 18 heavy (non-hydrogen) atoms. The number of benzene rings is 1. The zero-order chi connectivity index (χ0) is 13.0. The van der Waals surface area contributed by atoms with Gasteiger partial charge in [-0.15, -0.1) is 10.2 Å². The second kappa shape index (κ2) is 5.13. The number of hydrogen-bond acceptors (Lipinski definition) is 5. The molecule has 0 spiro atoms. The molecule has 2 N–H and O–H groups in total. The van der Waals surface area contributed by atoms with E-state index in [2.05, 4.69) is 15.5 Å². The van der Waals surface area contributed by atoms with Gasteiger partial charge in [-0.1, -0.05) is 12.1 Å². The third-order valence-electron chi connectivity index (χ3n) is 2.25. The molecule has 1 heterocycles. The van der Waals surface area contributed by atoms with Gasteiger partial charge in [0.15, 0.2) is 11.5 Å². The van der Waals surface area contributed by atoms with E-state index in [0.717, 1.165) is 5.69 Å². The molecule has 1 aromatic heterocycles. The molecule has 2 aromatic rings. The number of nitrogens with zero attached hydrogens (tertiary/aromatic N) is 2. The summed E-state index contributed by atoms with van der Waals surface area (Å²) in [6, 6.07) is 10.3. The van der Waals surface area contributed by atoms with E-state index in [9.17, 15) is 4.79 Å². The third kappa shape index (κ3) is 2.54. The van der Waals surface area contributed by atoms with Crippen molar-refractivity contribution in [3.63, 3.8) is 0 Å². The van der Waals surface area contributed by atoms with Crippen molar-refractivity contribution in [2.24, 2.45) is 0 Å². The van der Waals surface area contributed by atoms with Crippen LogP contribution < -0.4 is 10.1 Å². The molecule has 0 aliphatic rings. The Morgan fingerprint density at radius 2 is 2.00 bits per heavy atom. The number of ether oxygens (including phenoxy) is 1. The minimum absolute atomic E-state index is 0.0967. The fraction of sp³-hybridized carbons (Fsp3) is 0.0833. The molecule has 6 nitrogen and oxygen atoms in total. The van der Waals surface area contributed by atoms with Crippen molar-refractivity contribution in [1.82, 2.24) is 10.2 Å². The highest BCUT2D eigenvalue weighted by Crippen LogP contribution is 2.25. The minimum atomic E-state index is -1.11. The number of aromatic carboxylic acids is 1. The monoisotopic (exact) mass is 245 g/mol. The van der Waals surface area contributed by atoms with Crippen LogP contribution in [0.1, 0.15) is 10.5 Å². The molecule has 0 fully saturated rings. The number of anilines is 2. The highest BCUT2D eigenvalue weighted by Gasteiger charge is 2.06. The van der Waals surface area contributed by atoms with Crippen LogP contribution in [0.3, 0.4) is 0 Å². The van der Waals surface area contributed by atoms with Gasteiger partial charge in [-0.2, -0.15) is 0 Å². The molecule has 6 heteroatoms. The van der Waals surface area contributed by atoms with Crippen LogP contribution in [0.4, 0.5) is 11.5 Å². The molecule has 92 valence electrons. The number of rotatable bonds is 4. The zero-order valence-corrected chi connectivity index (χ0v) is 9.62. The van der Waals surface area contributed by atoms with E-state index in [-0.39, 0.29) is 5.69 Å². The summed E-state index contributed by atoms with van der Waals surface area (Å²) in [7, 11) is 1.57. The SMILES string of the molecule is COc1ccccc1Nc1ccc(C(=O)O)nn1. The van der Waals surface area contributed by atoms with Crippen LogP contribution in [0.25, 0.3) is 0 Å². The van der Waals surface area contributed by atoms with E-state index in [1.807, 2.05) is 18.2 Å². The summed E-state index contributed by atoms with van der Waals surface area (Å²) in [6.45, 7) is 0. The average molecular weight is 245 g/mol. The summed E-state index contributed by atoms with van der Waals surface area (Å²) in [5, 5.41) is 19.1. The lowest BCUT2D eigenvalue weighted by Crippen LogP contribution is -2.04. The highest BCUT2D eigenvalue weighted by molar-refractivity contribution is 5.85. The molecule has 0 bridgehead atoms. The van der Waals surface area contributed by atoms with Gasteiger partial charge in [0.1, 0.15) is 5.75 Å². The van der Waals surface area contributed by atoms with Crippen molar-refractivity contribution in [3.05, 3.63) is 42.1 Å². The van der Waals surface area contributed by atoms with Crippen molar-refractivity contribution < 1.29 is 14.6 Å². The highest BCUT2D eigenvalue weighted by atomic mass is 16.5. The first-order chi connectivity index (χ1) is 8.70. The molecular formula is C12H11N3O3. The lowest BCUT2D eigenvalue weighted by atomic mass is 10.3. The lowest BCUT2D eigenvalue weighted by Gasteiger charge is -2.09. The molecule has 0 aliphatic heterocycles. The number of carbonyl (C=O) groups is 1. The van der Waals surface area contributed by atoms with E-state index in [0.29, 0.717) is 11.6 Å². The van der Waals surface area contributed by atoms with Gasteiger partial charge in [0.2, 0.25) is 0 Å². The lowest BCUT2D eigenvalue weighted by molar-refractivity contribution is 0.0689.